The quantitative estimate of drug-likeness (QED) is 0.221. The highest BCUT2D eigenvalue weighted by molar-refractivity contribution is 5.66. The Bertz CT molecular complexity index is 705. The summed E-state index contributed by atoms with van der Waals surface area (Å²) in [4.78, 5) is 11.6. The van der Waals surface area contributed by atoms with Crippen LogP contribution in [0.1, 0.15) is 124 Å². The number of epoxide rings is 1. The number of rotatable bonds is 8. The molecule has 0 aromatic heterocycles. The molecule has 1 spiro atoms. The van der Waals surface area contributed by atoms with E-state index in [1.807, 2.05) is 0 Å². The summed E-state index contributed by atoms with van der Waals surface area (Å²) < 4.78 is 12.3. The van der Waals surface area contributed by atoms with Gasteiger partial charge in [0.25, 0.3) is 0 Å². The maximum absolute atomic E-state index is 11.6. The van der Waals surface area contributed by atoms with Crippen LogP contribution in [0.5, 0.6) is 0 Å². The fourth-order valence-electron chi connectivity index (χ4n) is 9.73. The Morgan fingerprint density at radius 2 is 1.75 bits per heavy atom. The number of carbonyl (C=O) groups excluding carboxylic acids is 1. The number of esters is 1. The maximum Gasteiger partial charge on any atom is 0.302 e. The Balaban J connectivity index is 1.24. The second-order valence-electron chi connectivity index (χ2n) is 12.9. The highest BCUT2D eigenvalue weighted by Gasteiger charge is 2.76. The van der Waals surface area contributed by atoms with E-state index in [0.717, 1.165) is 36.5 Å². The SMILES string of the molecule is CCCCCCCCC1CCC2C3C[C@H]4O[C@]45C[C@H](OC(C)=O)CC[C@]5(C)C3CC[C@]12C. The Labute approximate surface area is 196 Å². The van der Waals surface area contributed by atoms with Crippen LogP contribution in [-0.2, 0) is 14.3 Å². The van der Waals surface area contributed by atoms with E-state index in [9.17, 15) is 4.79 Å². The van der Waals surface area contributed by atoms with Crippen LogP contribution in [0, 0.1) is 34.5 Å². The molecule has 0 aromatic rings. The molecule has 5 aliphatic rings. The van der Waals surface area contributed by atoms with Crippen LogP contribution >= 0.6 is 0 Å². The van der Waals surface area contributed by atoms with E-state index in [1.54, 1.807) is 6.92 Å². The third-order valence-corrected chi connectivity index (χ3v) is 11.5. The Morgan fingerprint density at radius 1 is 0.969 bits per heavy atom. The van der Waals surface area contributed by atoms with Crippen molar-refractivity contribution in [3.8, 4) is 0 Å². The van der Waals surface area contributed by atoms with E-state index in [2.05, 4.69) is 20.8 Å². The first-order valence-electron chi connectivity index (χ1n) is 14.2. The van der Waals surface area contributed by atoms with Crippen molar-refractivity contribution in [1.29, 1.82) is 0 Å². The smallest absolute Gasteiger partial charge is 0.302 e. The first-order chi connectivity index (χ1) is 15.3. The van der Waals surface area contributed by atoms with Crippen molar-refractivity contribution in [1.82, 2.24) is 0 Å². The topological polar surface area (TPSA) is 38.8 Å². The van der Waals surface area contributed by atoms with Crippen LogP contribution in [0.2, 0.25) is 0 Å². The summed E-state index contributed by atoms with van der Waals surface area (Å²) in [6, 6.07) is 0. The molecular weight excluding hydrogens is 396 g/mol. The van der Waals surface area contributed by atoms with Gasteiger partial charge >= 0.3 is 5.97 Å². The first kappa shape index (κ1) is 23.2. The second kappa shape index (κ2) is 8.58. The van der Waals surface area contributed by atoms with Gasteiger partial charge in [0.1, 0.15) is 11.7 Å². The molecule has 9 atom stereocenters. The maximum atomic E-state index is 11.6. The monoisotopic (exact) mass is 444 g/mol. The van der Waals surface area contributed by atoms with E-state index in [4.69, 9.17) is 9.47 Å². The molecule has 0 radical (unpaired) electrons. The van der Waals surface area contributed by atoms with Crippen molar-refractivity contribution in [3.63, 3.8) is 0 Å². The fourth-order valence-corrected chi connectivity index (χ4v) is 9.73. The summed E-state index contributed by atoms with van der Waals surface area (Å²) in [5, 5.41) is 0. The molecule has 3 nitrogen and oxygen atoms in total. The summed E-state index contributed by atoms with van der Waals surface area (Å²) in [6.07, 6.45) is 20.7. The van der Waals surface area contributed by atoms with Gasteiger partial charge in [-0.05, 0) is 80.5 Å². The summed E-state index contributed by atoms with van der Waals surface area (Å²) in [5.41, 5.74) is 0.872. The number of carbonyl (C=O) groups is 1. The van der Waals surface area contributed by atoms with Crippen LogP contribution in [0.3, 0.4) is 0 Å². The third-order valence-electron chi connectivity index (χ3n) is 11.5. The Hall–Kier alpha value is -0.570. The lowest BCUT2D eigenvalue weighted by Crippen LogP contribution is -2.58. The van der Waals surface area contributed by atoms with Gasteiger partial charge in [-0.1, -0.05) is 59.3 Å². The van der Waals surface area contributed by atoms with Gasteiger partial charge < -0.3 is 9.47 Å². The van der Waals surface area contributed by atoms with Crippen LogP contribution in [0.4, 0.5) is 0 Å². The minimum Gasteiger partial charge on any atom is -0.462 e. The molecular formula is C29H48O3. The molecule has 4 saturated carbocycles. The fraction of sp³-hybridized carbons (Fsp3) is 0.966. The summed E-state index contributed by atoms with van der Waals surface area (Å²) in [5.74, 6) is 3.41. The molecule has 3 heteroatoms. The number of fused-ring (bicyclic) bond motifs is 4. The summed E-state index contributed by atoms with van der Waals surface area (Å²) in [7, 11) is 0. The molecule has 0 aromatic carbocycles. The molecule has 0 amide bonds. The van der Waals surface area contributed by atoms with E-state index in [0.29, 0.717) is 11.5 Å². The van der Waals surface area contributed by atoms with Crippen molar-refractivity contribution in [2.75, 3.05) is 0 Å². The summed E-state index contributed by atoms with van der Waals surface area (Å²) >= 11 is 0. The lowest BCUT2D eigenvalue weighted by molar-refractivity contribution is -0.157. The third kappa shape index (κ3) is 3.59. The zero-order chi connectivity index (χ0) is 22.6. The predicted octanol–water partition coefficient (Wildman–Crippen LogP) is 7.46. The van der Waals surface area contributed by atoms with Crippen LogP contribution in [-0.4, -0.2) is 23.8 Å². The predicted molar refractivity (Wildman–Crippen MR) is 128 cm³/mol. The molecule has 4 unspecified atom stereocenters. The van der Waals surface area contributed by atoms with Crippen molar-refractivity contribution in [3.05, 3.63) is 0 Å². The van der Waals surface area contributed by atoms with Gasteiger partial charge in [-0.15, -0.1) is 0 Å². The van der Waals surface area contributed by atoms with E-state index in [1.165, 1.54) is 83.5 Å². The molecule has 1 aliphatic heterocycles. The van der Waals surface area contributed by atoms with Crippen LogP contribution < -0.4 is 0 Å². The van der Waals surface area contributed by atoms with Gasteiger partial charge in [-0.2, -0.15) is 0 Å². The summed E-state index contributed by atoms with van der Waals surface area (Å²) in [6.45, 7) is 9.10. The number of unbranched alkanes of at least 4 members (excludes halogenated alkanes) is 5. The van der Waals surface area contributed by atoms with Gasteiger partial charge in [0.05, 0.1) is 6.10 Å². The molecule has 1 heterocycles. The average molecular weight is 445 g/mol. The zero-order valence-electron chi connectivity index (χ0n) is 21.3. The van der Waals surface area contributed by atoms with Crippen LogP contribution in [0.25, 0.3) is 0 Å². The van der Waals surface area contributed by atoms with Crippen molar-refractivity contribution in [2.24, 2.45) is 34.5 Å². The Kier molecular flexibility index (Phi) is 6.22. The average Bonchev–Trinajstić information content (AvgIpc) is 3.34. The van der Waals surface area contributed by atoms with E-state index >= 15 is 0 Å². The zero-order valence-corrected chi connectivity index (χ0v) is 21.3. The van der Waals surface area contributed by atoms with Gasteiger partial charge in [-0.25, -0.2) is 0 Å². The normalized spacial score (nSPS) is 48.9. The molecule has 4 aliphatic carbocycles. The molecule has 5 fully saturated rings. The standard InChI is InChI=1S/C29H48O3/c1-5-6-7-8-9-10-11-21-12-13-24-23-18-26-29(32-26)19-22(31-20(2)30)14-17-28(29,4)25(23)15-16-27(21,24)3/h21-26H,5-19H2,1-4H3/t21?,22-,23?,24?,25?,26-,27-,28-,29-/m1/s1. The van der Waals surface area contributed by atoms with Gasteiger partial charge in [-0.3, -0.25) is 4.79 Å². The highest BCUT2D eigenvalue weighted by Crippen LogP contribution is 2.74. The minimum atomic E-state index is -0.128. The molecule has 1 saturated heterocycles. The molecule has 5 rings (SSSR count). The minimum absolute atomic E-state index is 0.0107. The number of hydrogen-bond donors (Lipinski definition) is 0. The molecule has 182 valence electrons. The van der Waals surface area contributed by atoms with Gasteiger partial charge in [0.15, 0.2) is 0 Å². The Morgan fingerprint density at radius 3 is 2.53 bits per heavy atom. The molecule has 0 bridgehead atoms. The largest absolute Gasteiger partial charge is 0.462 e. The molecule has 32 heavy (non-hydrogen) atoms. The highest BCUT2D eigenvalue weighted by atomic mass is 16.6. The van der Waals surface area contributed by atoms with E-state index < -0.39 is 0 Å². The van der Waals surface area contributed by atoms with Crippen LogP contribution in [0.15, 0.2) is 0 Å². The second-order valence-corrected chi connectivity index (χ2v) is 12.9. The first-order valence-corrected chi connectivity index (χ1v) is 14.2. The number of hydrogen-bond acceptors (Lipinski definition) is 3. The van der Waals surface area contributed by atoms with Crippen molar-refractivity contribution >= 4 is 5.97 Å². The van der Waals surface area contributed by atoms with Crippen molar-refractivity contribution in [2.45, 2.75) is 142 Å². The lowest BCUT2D eigenvalue weighted by Gasteiger charge is -2.59. The molecule has 0 N–H and O–H groups in total. The van der Waals surface area contributed by atoms with Crippen molar-refractivity contribution < 1.29 is 14.3 Å². The number of ether oxygens (including phenoxy) is 2. The van der Waals surface area contributed by atoms with Gasteiger partial charge in [0.2, 0.25) is 0 Å². The van der Waals surface area contributed by atoms with Gasteiger partial charge in [0, 0.05) is 18.8 Å². The van der Waals surface area contributed by atoms with E-state index in [-0.39, 0.29) is 23.1 Å². The lowest BCUT2D eigenvalue weighted by atomic mass is 9.44.